The number of anilines is 10. The molecule has 41 heteroatoms. The van der Waals surface area contributed by atoms with Gasteiger partial charge in [-0.2, -0.15) is 80.4 Å². The number of hydrogen-bond donors (Lipinski definition) is 14. The maximum atomic E-state index is 12.8. The van der Waals surface area contributed by atoms with E-state index in [4.69, 9.17) is 0 Å². The van der Waals surface area contributed by atoms with Gasteiger partial charge in [-0.1, -0.05) is 24.3 Å². The number of rotatable bonds is 26. The third kappa shape index (κ3) is 17.6. The molecule has 0 aliphatic heterocycles. The predicted molar refractivity (Wildman–Crippen MR) is 280 cm³/mol. The van der Waals surface area contributed by atoms with Crippen molar-refractivity contribution in [2.24, 2.45) is 0 Å². The Morgan fingerprint density at radius 1 is 0.383 bits per heavy atom. The van der Waals surface area contributed by atoms with E-state index in [1.807, 2.05) is 0 Å². The average Bonchev–Trinajstić information content (AvgIpc) is 3.34. The minimum absolute atomic E-state index is 0. The molecule has 0 fully saturated rings. The molecular weight excluding hydrogens is 1220 g/mol. The van der Waals surface area contributed by atoms with E-state index in [0.717, 1.165) is 36.4 Å². The maximum absolute atomic E-state index is 12.8. The molecule has 4 aromatic carbocycles. The number of aromatic nitrogens is 6. The third-order valence-corrected chi connectivity index (χ3v) is 15.7. The van der Waals surface area contributed by atoms with Gasteiger partial charge in [0.25, 0.3) is 60.7 Å². The third-order valence-electron chi connectivity index (χ3n) is 10.4. The zero-order valence-corrected chi connectivity index (χ0v) is 48.0. The van der Waals surface area contributed by atoms with E-state index in [9.17, 15) is 98.2 Å². The van der Waals surface area contributed by atoms with Crippen LogP contribution in [0.5, 0.6) is 0 Å². The molecule has 0 amide bonds. The Morgan fingerprint density at radius 3 is 0.951 bits per heavy atom. The van der Waals surface area contributed by atoms with E-state index in [1.165, 1.54) is 21.9 Å². The normalized spacial score (nSPS) is 12.4. The van der Waals surface area contributed by atoms with Gasteiger partial charge < -0.3 is 52.9 Å². The van der Waals surface area contributed by atoms with Crippen molar-refractivity contribution in [3.8, 4) is 0 Å². The molecule has 0 bridgehead atoms. The van der Waals surface area contributed by atoms with Gasteiger partial charge in [-0.05, 0) is 71.8 Å². The van der Waals surface area contributed by atoms with Gasteiger partial charge >= 0.3 is 29.6 Å². The first-order valence-electron chi connectivity index (χ1n) is 21.8. The van der Waals surface area contributed by atoms with Crippen molar-refractivity contribution in [3.05, 3.63) is 83.9 Å². The quantitative estimate of drug-likeness (QED) is 0.0150. The first-order chi connectivity index (χ1) is 37.2. The summed E-state index contributed by atoms with van der Waals surface area (Å²) in [6, 6.07) is 10.1. The fraction of sp³-hybridized carbons (Fsp3) is 0.200. The van der Waals surface area contributed by atoms with Gasteiger partial charge in [0.2, 0.25) is 35.7 Å². The average molecular weight is 1260 g/mol. The number of benzene rings is 4. The van der Waals surface area contributed by atoms with Crippen LogP contribution in [0.15, 0.2) is 102 Å². The van der Waals surface area contributed by atoms with Crippen molar-refractivity contribution in [1.82, 2.24) is 29.9 Å². The molecule has 0 saturated heterocycles. The molecule has 0 atom stereocenters. The molecule has 6 aromatic rings. The van der Waals surface area contributed by atoms with Crippen LogP contribution in [-0.2, 0) is 60.7 Å². The van der Waals surface area contributed by atoms with Crippen molar-refractivity contribution < 1.29 is 129 Å². The van der Waals surface area contributed by atoms with Gasteiger partial charge in [-0.15, -0.1) is 0 Å². The molecule has 6 rings (SSSR count). The van der Waals surface area contributed by atoms with E-state index in [0.29, 0.717) is 36.4 Å². The molecule has 0 aliphatic rings. The van der Waals surface area contributed by atoms with E-state index < -0.39 is 152 Å². The minimum atomic E-state index is -5.20. The van der Waals surface area contributed by atoms with E-state index in [1.54, 1.807) is 0 Å². The molecule has 81 heavy (non-hydrogen) atoms. The minimum Gasteiger partial charge on any atom is -1.00 e. The van der Waals surface area contributed by atoms with Gasteiger partial charge in [0, 0.05) is 37.6 Å². The van der Waals surface area contributed by atoms with Crippen LogP contribution in [0.3, 0.4) is 0 Å². The number of nitrogens with zero attached hydrogens (tertiary/aromatic N) is 8. The van der Waals surface area contributed by atoms with Gasteiger partial charge in [-0.25, -0.2) is 0 Å². The van der Waals surface area contributed by atoms with Crippen molar-refractivity contribution in [2.75, 3.05) is 83.7 Å². The summed E-state index contributed by atoms with van der Waals surface area (Å²) in [5.74, 6) is -2.91. The second-order valence-corrected chi connectivity index (χ2v) is 24.3. The monoisotopic (exact) mass is 1260 g/mol. The Morgan fingerprint density at radius 2 is 0.679 bits per heavy atom. The summed E-state index contributed by atoms with van der Waals surface area (Å²) in [5.41, 5.74) is -2.45. The smallest absolute Gasteiger partial charge is 1.00 e. The van der Waals surface area contributed by atoms with Gasteiger partial charge in [0.05, 0.1) is 47.6 Å². The molecule has 2 heterocycles. The summed E-state index contributed by atoms with van der Waals surface area (Å²) in [4.78, 5) is 22.0. The van der Waals surface area contributed by atoms with E-state index >= 15 is 0 Å². The van der Waals surface area contributed by atoms with Crippen molar-refractivity contribution in [1.29, 1.82) is 0 Å². The predicted octanol–water partition coefficient (Wildman–Crippen LogP) is -2.62. The summed E-state index contributed by atoms with van der Waals surface area (Å²) >= 11 is 0. The SMILES string of the molecule is O=S(=O)(O)c1ccc(S(=O)(=O)O)c(Nc2nc(Nc3ccc(/C=C/c4ccc(Nc5nc(Nc6cc(S(=O)(=O)O)ccc6S(=O)(=O)O)nc(N(CCO)CCO)n5)cc4S(=O)(=O)O)c(S(=O)(=O)O)c3)nc(N(CCO)CCO)n2)c1.[H-].[Na+]. The van der Waals surface area contributed by atoms with Crippen LogP contribution in [-0.4, -0.2) is 181 Å². The Kier molecular flexibility index (Phi) is 21.3. The molecule has 14 N–H and O–H groups in total. The summed E-state index contributed by atoms with van der Waals surface area (Å²) in [5, 5.41) is 48.8. The Hall–Kier alpha value is -6.26. The summed E-state index contributed by atoms with van der Waals surface area (Å²) < 4.78 is 208. The van der Waals surface area contributed by atoms with Crippen LogP contribution in [0.2, 0.25) is 0 Å². The van der Waals surface area contributed by atoms with Crippen LogP contribution in [0.1, 0.15) is 12.6 Å². The van der Waals surface area contributed by atoms with Crippen molar-refractivity contribution >= 4 is 131 Å². The zero-order valence-electron chi connectivity index (χ0n) is 42.1. The molecule has 0 spiro atoms. The topological polar surface area (TPSA) is 539 Å². The Labute approximate surface area is 484 Å². The molecule has 34 nitrogen and oxygen atoms in total. The summed E-state index contributed by atoms with van der Waals surface area (Å²) in [6.07, 6.45) is 2.01. The summed E-state index contributed by atoms with van der Waals surface area (Å²) in [6.45, 7) is -3.05. The van der Waals surface area contributed by atoms with E-state index in [-0.39, 0.29) is 91.6 Å². The molecule has 0 saturated carbocycles. The Balaban J connectivity index is 0.00000722. The number of nitrogens with one attached hydrogen (secondary N) is 4. The van der Waals surface area contributed by atoms with Crippen LogP contribution in [0, 0.1) is 0 Å². The van der Waals surface area contributed by atoms with Gasteiger partial charge in [0.1, 0.15) is 19.6 Å². The van der Waals surface area contributed by atoms with Crippen LogP contribution in [0.25, 0.3) is 12.2 Å². The first-order valence-corrected chi connectivity index (χ1v) is 30.5. The molecule has 0 unspecified atom stereocenters. The first kappa shape index (κ1) is 65.5. The van der Waals surface area contributed by atoms with Crippen LogP contribution < -0.4 is 60.6 Å². The largest absolute Gasteiger partial charge is 1.00 e. The number of aliphatic hydroxyl groups excluding tert-OH is 4. The molecule has 2 aromatic heterocycles. The fourth-order valence-electron chi connectivity index (χ4n) is 6.95. The van der Waals surface area contributed by atoms with E-state index in [2.05, 4.69) is 51.2 Å². The Bertz CT molecular complexity index is 3810. The second kappa shape index (κ2) is 26.3. The van der Waals surface area contributed by atoms with Gasteiger partial charge in [-0.3, -0.25) is 27.3 Å². The summed E-state index contributed by atoms with van der Waals surface area (Å²) in [7, 11) is -30.5. The zero-order chi connectivity index (χ0) is 59.2. The second-order valence-electron chi connectivity index (χ2n) is 15.9. The standard InChI is InChI=1S/C40H44N12O22S6.Na.H/c53-15-11-51(12-16-54)39-47-35(45-37(49-39)43-29-21-27(75(57,58)59)7-9-31(29)77(63,64)65)41-25-5-3-23(33(19-25)79(69,70)71)1-2-24-4-6-26(20-34(24)80(72,73)74)42-36-46-38(50-40(48-36)52(13-17-55)14-18-56)44-30-22-28(76(60,61)62)8-10-32(30)78(66,67)68;;/h1-10,19-22,53-56H,11-18H2,(H,57,58,59)(H,60,61,62)(H,63,64,65)(H,66,67,68)(H,69,70,71)(H,72,73,74)(H2,41,43,45,47,49)(H2,42,44,46,48,50);;/q;+1;-1/b2-1+;;. The van der Waals surface area contributed by atoms with Crippen molar-refractivity contribution in [2.45, 2.75) is 29.4 Å². The molecule has 434 valence electrons. The maximum Gasteiger partial charge on any atom is 1.00 e. The molecular formula is C40H45N12NaO22S6. The van der Waals surface area contributed by atoms with Crippen LogP contribution >= 0.6 is 0 Å². The number of aliphatic hydroxyl groups is 4. The fourth-order valence-corrected chi connectivity index (χ4v) is 10.6. The van der Waals surface area contributed by atoms with Gasteiger partial charge in [0.15, 0.2) is 0 Å². The number of hydrogen-bond acceptors (Lipinski definition) is 28. The van der Waals surface area contributed by atoms with Crippen molar-refractivity contribution in [3.63, 3.8) is 0 Å². The molecule has 0 aliphatic carbocycles. The molecule has 0 radical (unpaired) electrons. The van der Waals surface area contributed by atoms with Crippen LogP contribution in [0.4, 0.5) is 58.4 Å².